The number of benzene rings is 1. The SMILES string of the molecule is Nc1ncnc2c1ncn2CCNC(=O)C(F)(F)c1ccc(OC(F)(F)F)c(Br)c1. The summed E-state index contributed by atoms with van der Waals surface area (Å²) in [6, 6.07) is 2.05. The number of fused-ring (bicyclic) bond motifs is 1. The number of anilines is 1. The van der Waals surface area contributed by atoms with Crippen molar-refractivity contribution in [2.24, 2.45) is 0 Å². The molecule has 0 saturated carbocycles. The highest BCUT2D eigenvalue weighted by atomic mass is 79.9. The van der Waals surface area contributed by atoms with Gasteiger partial charge in [0.25, 0.3) is 5.91 Å². The van der Waals surface area contributed by atoms with Crippen LogP contribution in [-0.2, 0) is 17.3 Å². The molecule has 0 fully saturated rings. The molecule has 3 rings (SSSR count). The molecule has 1 aromatic carbocycles. The second kappa shape index (κ2) is 8.01. The van der Waals surface area contributed by atoms with Crippen LogP contribution in [0.1, 0.15) is 5.56 Å². The summed E-state index contributed by atoms with van der Waals surface area (Å²) >= 11 is 2.73. The van der Waals surface area contributed by atoms with Crippen LogP contribution in [0.25, 0.3) is 11.2 Å². The fourth-order valence-electron chi connectivity index (χ4n) is 2.50. The quantitative estimate of drug-likeness (QED) is 0.510. The lowest BCUT2D eigenvalue weighted by Crippen LogP contribution is -2.39. The number of imidazole rings is 1. The lowest BCUT2D eigenvalue weighted by atomic mass is 10.1. The van der Waals surface area contributed by atoms with Gasteiger partial charge in [-0.05, 0) is 34.1 Å². The predicted molar refractivity (Wildman–Crippen MR) is 97.5 cm³/mol. The number of halogens is 6. The normalized spacial score (nSPS) is 12.2. The van der Waals surface area contributed by atoms with Gasteiger partial charge in [0.05, 0.1) is 10.8 Å². The zero-order valence-corrected chi connectivity index (χ0v) is 16.3. The first-order chi connectivity index (χ1) is 14.0. The van der Waals surface area contributed by atoms with Crippen LogP contribution in [0.4, 0.5) is 27.8 Å². The first-order valence-corrected chi connectivity index (χ1v) is 8.91. The maximum Gasteiger partial charge on any atom is 0.573 e. The molecule has 8 nitrogen and oxygen atoms in total. The first kappa shape index (κ1) is 21.7. The predicted octanol–water partition coefficient (Wildman–Crippen LogP) is 2.98. The van der Waals surface area contributed by atoms with Crippen molar-refractivity contribution in [3.63, 3.8) is 0 Å². The zero-order chi connectivity index (χ0) is 22.1. The molecule has 160 valence electrons. The number of nitrogens with one attached hydrogen (secondary N) is 1. The molecule has 0 aliphatic rings. The molecule has 0 saturated heterocycles. The van der Waals surface area contributed by atoms with Crippen LogP contribution < -0.4 is 15.8 Å². The van der Waals surface area contributed by atoms with E-state index in [0.717, 1.165) is 0 Å². The maximum atomic E-state index is 14.4. The fourth-order valence-corrected chi connectivity index (χ4v) is 2.96. The van der Waals surface area contributed by atoms with Crippen LogP contribution in [0.5, 0.6) is 5.75 Å². The molecule has 0 unspecified atom stereocenters. The van der Waals surface area contributed by atoms with E-state index >= 15 is 0 Å². The van der Waals surface area contributed by atoms with Crippen molar-refractivity contribution >= 4 is 38.8 Å². The van der Waals surface area contributed by atoms with Crippen LogP contribution in [0.15, 0.2) is 35.3 Å². The van der Waals surface area contributed by atoms with Gasteiger partial charge >= 0.3 is 12.3 Å². The molecule has 0 spiro atoms. The molecule has 1 amide bonds. The zero-order valence-electron chi connectivity index (χ0n) is 14.8. The Bertz CT molecular complexity index is 1090. The van der Waals surface area contributed by atoms with Crippen LogP contribution in [0.3, 0.4) is 0 Å². The molecular weight excluding hydrogens is 483 g/mol. The minimum atomic E-state index is -4.99. The third-order valence-electron chi connectivity index (χ3n) is 3.87. The molecule has 2 aromatic heterocycles. The maximum absolute atomic E-state index is 14.4. The number of amides is 1. The number of hydrogen-bond acceptors (Lipinski definition) is 6. The van der Waals surface area contributed by atoms with E-state index in [4.69, 9.17) is 5.73 Å². The minimum Gasteiger partial charge on any atom is -0.405 e. The third-order valence-corrected chi connectivity index (χ3v) is 4.49. The highest BCUT2D eigenvalue weighted by Crippen LogP contribution is 2.36. The summed E-state index contributed by atoms with van der Waals surface area (Å²) in [6.07, 6.45) is -2.40. The van der Waals surface area contributed by atoms with Crippen LogP contribution in [0.2, 0.25) is 0 Å². The molecule has 0 aliphatic heterocycles. The number of rotatable bonds is 6. The average molecular weight is 495 g/mol. The lowest BCUT2D eigenvalue weighted by molar-refractivity contribution is -0.274. The average Bonchev–Trinajstić information content (AvgIpc) is 3.06. The summed E-state index contributed by atoms with van der Waals surface area (Å²) in [5.74, 6) is -6.19. The van der Waals surface area contributed by atoms with Crippen LogP contribution in [-0.4, -0.2) is 38.3 Å². The number of nitrogens with zero attached hydrogens (tertiary/aromatic N) is 4. The van der Waals surface area contributed by atoms with E-state index in [9.17, 15) is 26.7 Å². The number of aromatic nitrogens is 4. The smallest absolute Gasteiger partial charge is 0.405 e. The van der Waals surface area contributed by atoms with Gasteiger partial charge in [0.2, 0.25) is 0 Å². The van der Waals surface area contributed by atoms with E-state index in [1.54, 1.807) is 0 Å². The van der Waals surface area contributed by atoms with Crippen molar-refractivity contribution in [3.8, 4) is 5.75 Å². The number of carbonyl (C=O) groups excluding carboxylic acids is 1. The summed E-state index contributed by atoms with van der Waals surface area (Å²) in [5.41, 5.74) is 5.55. The summed E-state index contributed by atoms with van der Waals surface area (Å²) in [5, 5.41) is 2.07. The molecule has 30 heavy (non-hydrogen) atoms. The molecule has 0 aliphatic carbocycles. The van der Waals surface area contributed by atoms with E-state index in [-0.39, 0.29) is 23.4 Å². The summed E-state index contributed by atoms with van der Waals surface area (Å²) in [7, 11) is 0. The number of hydrogen-bond donors (Lipinski definition) is 2. The van der Waals surface area contributed by atoms with Gasteiger partial charge in [-0.25, -0.2) is 15.0 Å². The van der Waals surface area contributed by atoms with Crippen molar-refractivity contribution in [1.29, 1.82) is 0 Å². The monoisotopic (exact) mass is 494 g/mol. The minimum absolute atomic E-state index is 0.0663. The largest absolute Gasteiger partial charge is 0.573 e. The van der Waals surface area contributed by atoms with Gasteiger partial charge in [0.1, 0.15) is 17.6 Å². The van der Waals surface area contributed by atoms with Gasteiger partial charge in [0.15, 0.2) is 11.5 Å². The van der Waals surface area contributed by atoms with Crippen molar-refractivity contribution in [2.45, 2.75) is 18.8 Å². The van der Waals surface area contributed by atoms with Gasteiger partial charge < -0.3 is 20.4 Å². The van der Waals surface area contributed by atoms with E-state index in [0.29, 0.717) is 29.4 Å². The van der Waals surface area contributed by atoms with Crippen LogP contribution >= 0.6 is 15.9 Å². The third kappa shape index (κ3) is 4.58. The molecule has 0 bridgehead atoms. The molecule has 2 heterocycles. The Hall–Kier alpha value is -3.03. The lowest BCUT2D eigenvalue weighted by Gasteiger charge is -2.18. The molecule has 0 atom stereocenters. The van der Waals surface area contributed by atoms with E-state index < -0.39 is 29.5 Å². The topological polar surface area (TPSA) is 108 Å². The van der Waals surface area contributed by atoms with E-state index in [1.807, 2.05) is 0 Å². The van der Waals surface area contributed by atoms with Gasteiger partial charge in [-0.15, -0.1) is 13.2 Å². The van der Waals surface area contributed by atoms with Crippen molar-refractivity contribution in [1.82, 2.24) is 24.8 Å². The second-order valence-corrected chi connectivity index (χ2v) is 6.75. The molecule has 14 heteroatoms. The van der Waals surface area contributed by atoms with Gasteiger partial charge in [-0.2, -0.15) is 8.78 Å². The summed E-state index contributed by atoms with van der Waals surface area (Å²) in [4.78, 5) is 23.8. The second-order valence-electron chi connectivity index (χ2n) is 5.89. The number of nitrogens with two attached hydrogens (primary N) is 1. The van der Waals surface area contributed by atoms with E-state index in [2.05, 4.69) is 40.9 Å². The number of nitrogen functional groups attached to an aromatic ring is 1. The molecule has 3 aromatic rings. The Morgan fingerprint density at radius 3 is 2.60 bits per heavy atom. The molecular formula is C16H12BrF5N6O2. The summed E-state index contributed by atoms with van der Waals surface area (Å²) < 4.78 is 70.5. The Morgan fingerprint density at radius 1 is 1.20 bits per heavy atom. The highest BCUT2D eigenvalue weighted by Gasteiger charge is 2.41. The Labute approximate surface area is 173 Å². The van der Waals surface area contributed by atoms with Crippen molar-refractivity contribution < 1.29 is 31.5 Å². The number of ether oxygens (including phenoxy) is 1. The Kier molecular flexibility index (Phi) is 5.78. The molecule has 0 radical (unpaired) electrons. The highest BCUT2D eigenvalue weighted by molar-refractivity contribution is 9.10. The first-order valence-electron chi connectivity index (χ1n) is 8.12. The number of carbonyl (C=O) groups is 1. The number of alkyl halides is 5. The van der Waals surface area contributed by atoms with Crippen LogP contribution in [0, 0.1) is 0 Å². The Balaban J connectivity index is 1.66. The Morgan fingerprint density at radius 2 is 1.93 bits per heavy atom. The standard InChI is InChI=1S/C16H12BrF5N6O2/c17-9-5-8(1-2-10(9)30-16(20,21)22)15(18,19)14(29)24-3-4-28-7-27-11-12(23)25-6-26-13(11)28/h1-2,5-7H,3-4H2,(H,24,29)(H2,23,25,26). The fraction of sp³-hybridized carbons (Fsp3) is 0.250. The molecule has 3 N–H and O–H groups in total. The summed E-state index contributed by atoms with van der Waals surface area (Å²) in [6.45, 7) is -0.128. The van der Waals surface area contributed by atoms with Crippen molar-refractivity contribution in [3.05, 3.63) is 40.9 Å². The van der Waals surface area contributed by atoms with E-state index in [1.165, 1.54) is 17.2 Å². The van der Waals surface area contributed by atoms with Gasteiger partial charge in [-0.1, -0.05) is 0 Å². The van der Waals surface area contributed by atoms with Crippen molar-refractivity contribution in [2.75, 3.05) is 12.3 Å². The van der Waals surface area contributed by atoms with Gasteiger partial charge in [-0.3, -0.25) is 4.79 Å². The van der Waals surface area contributed by atoms with Gasteiger partial charge in [0, 0.05) is 18.7 Å².